The fourth-order valence-electron chi connectivity index (χ4n) is 2.28. The molecule has 0 unspecified atom stereocenters. The maximum Gasteiger partial charge on any atom is 0.235 e. The topological polar surface area (TPSA) is 55.1 Å². The molecule has 0 bridgehead atoms. The van der Waals surface area contributed by atoms with Gasteiger partial charge in [0.2, 0.25) is 5.91 Å². The van der Waals surface area contributed by atoms with E-state index in [1.54, 1.807) is 24.8 Å². The van der Waals surface area contributed by atoms with Gasteiger partial charge >= 0.3 is 0 Å². The molecule has 0 fully saturated rings. The van der Waals surface area contributed by atoms with E-state index in [1.807, 2.05) is 12.1 Å². The molecule has 1 aromatic heterocycles. The van der Waals surface area contributed by atoms with Crippen LogP contribution in [0, 0.1) is 6.92 Å². The van der Waals surface area contributed by atoms with Gasteiger partial charge in [-0.05, 0) is 23.3 Å². The van der Waals surface area contributed by atoms with Gasteiger partial charge in [-0.15, -0.1) is 11.8 Å². The van der Waals surface area contributed by atoms with Crippen LogP contribution in [0.2, 0.25) is 0 Å². The second-order valence-electron chi connectivity index (χ2n) is 5.00. The molecule has 22 heavy (non-hydrogen) atoms. The number of nitrogens with one attached hydrogen (secondary N) is 1. The van der Waals surface area contributed by atoms with Gasteiger partial charge in [-0.1, -0.05) is 47.6 Å². The summed E-state index contributed by atoms with van der Waals surface area (Å²) in [7, 11) is 0. The molecule has 0 aliphatic heterocycles. The van der Waals surface area contributed by atoms with Crippen LogP contribution in [0.1, 0.15) is 11.3 Å². The maximum atomic E-state index is 11.9. The van der Waals surface area contributed by atoms with E-state index in [0.29, 0.717) is 17.3 Å². The highest BCUT2D eigenvalue weighted by Gasteiger charge is 2.07. The van der Waals surface area contributed by atoms with Crippen LogP contribution in [0.15, 0.2) is 53.1 Å². The predicted octanol–water partition coefficient (Wildman–Crippen LogP) is 4.01. The summed E-state index contributed by atoms with van der Waals surface area (Å²) in [5.41, 5.74) is 1.24. The first-order valence-electron chi connectivity index (χ1n) is 7.00. The number of rotatable bonds is 5. The number of nitrogens with zero attached hydrogens (tertiary/aromatic N) is 1. The lowest BCUT2D eigenvalue weighted by Crippen LogP contribution is -2.14. The average molecular weight is 312 g/mol. The molecule has 0 saturated carbocycles. The minimum absolute atomic E-state index is 0.0708. The molecule has 0 atom stereocenters. The zero-order chi connectivity index (χ0) is 15.4. The van der Waals surface area contributed by atoms with Gasteiger partial charge in [0.1, 0.15) is 5.76 Å². The van der Waals surface area contributed by atoms with Crippen molar-refractivity contribution in [2.75, 3.05) is 11.1 Å². The van der Waals surface area contributed by atoms with Crippen LogP contribution in [0.4, 0.5) is 5.82 Å². The van der Waals surface area contributed by atoms with Crippen molar-refractivity contribution in [1.29, 1.82) is 0 Å². The second-order valence-corrected chi connectivity index (χ2v) is 5.99. The summed E-state index contributed by atoms with van der Waals surface area (Å²) in [5.74, 6) is 2.26. The van der Waals surface area contributed by atoms with Gasteiger partial charge in [-0.3, -0.25) is 4.79 Å². The number of fused-ring (bicyclic) bond motifs is 1. The molecule has 1 N–H and O–H groups in total. The Morgan fingerprint density at radius 2 is 2.05 bits per heavy atom. The number of carbonyl (C=O) groups excluding carboxylic acids is 1. The van der Waals surface area contributed by atoms with Crippen molar-refractivity contribution >= 4 is 34.3 Å². The number of anilines is 1. The lowest BCUT2D eigenvalue weighted by atomic mass is 10.1. The van der Waals surface area contributed by atoms with Crippen LogP contribution in [-0.4, -0.2) is 16.8 Å². The summed E-state index contributed by atoms with van der Waals surface area (Å²) in [5, 5.41) is 8.93. The Morgan fingerprint density at radius 1 is 1.23 bits per heavy atom. The molecule has 4 nitrogen and oxygen atoms in total. The minimum Gasteiger partial charge on any atom is -0.360 e. The average Bonchev–Trinajstić information content (AvgIpc) is 2.92. The number of hydrogen-bond donors (Lipinski definition) is 1. The Balaban J connectivity index is 1.57. The van der Waals surface area contributed by atoms with E-state index in [9.17, 15) is 4.79 Å². The highest BCUT2D eigenvalue weighted by atomic mass is 32.2. The van der Waals surface area contributed by atoms with Crippen molar-refractivity contribution in [1.82, 2.24) is 5.16 Å². The molecule has 0 aliphatic rings. The smallest absolute Gasteiger partial charge is 0.235 e. The van der Waals surface area contributed by atoms with E-state index in [0.717, 1.165) is 5.75 Å². The van der Waals surface area contributed by atoms with E-state index in [4.69, 9.17) is 4.52 Å². The highest BCUT2D eigenvalue weighted by molar-refractivity contribution is 7.99. The Labute approximate surface area is 132 Å². The summed E-state index contributed by atoms with van der Waals surface area (Å²) in [6, 6.07) is 16.2. The lowest BCUT2D eigenvalue weighted by molar-refractivity contribution is -0.113. The first-order chi connectivity index (χ1) is 10.7. The molecule has 0 radical (unpaired) electrons. The number of aromatic nitrogens is 1. The van der Waals surface area contributed by atoms with Gasteiger partial charge in [-0.25, -0.2) is 0 Å². The molecule has 0 spiro atoms. The van der Waals surface area contributed by atoms with E-state index < -0.39 is 0 Å². The molecular weight excluding hydrogens is 296 g/mol. The molecule has 3 rings (SSSR count). The quantitative estimate of drug-likeness (QED) is 0.773. The van der Waals surface area contributed by atoms with Crippen molar-refractivity contribution in [2.45, 2.75) is 12.7 Å². The highest BCUT2D eigenvalue weighted by Crippen LogP contribution is 2.22. The first kappa shape index (κ1) is 14.7. The summed E-state index contributed by atoms with van der Waals surface area (Å²) in [4.78, 5) is 11.9. The van der Waals surface area contributed by atoms with Crippen LogP contribution < -0.4 is 5.32 Å². The molecule has 1 amide bonds. The zero-order valence-corrected chi connectivity index (χ0v) is 13.0. The number of aryl methyl sites for hydroxylation is 1. The van der Waals surface area contributed by atoms with Crippen molar-refractivity contribution in [3.05, 3.63) is 59.9 Å². The van der Waals surface area contributed by atoms with Crippen molar-refractivity contribution in [3.8, 4) is 0 Å². The number of amides is 1. The molecule has 3 aromatic rings. The number of hydrogen-bond acceptors (Lipinski definition) is 4. The summed E-state index contributed by atoms with van der Waals surface area (Å²) >= 11 is 1.58. The predicted molar refractivity (Wildman–Crippen MR) is 90.0 cm³/mol. The Bertz CT molecular complexity index is 793. The lowest BCUT2D eigenvalue weighted by Gasteiger charge is -2.06. The van der Waals surface area contributed by atoms with Gasteiger partial charge in [0.05, 0.1) is 5.75 Å². The standard InChI is InChI=1S/C17H16N2O2S/c1-12-9-16(19-21-12)18-17(20)11-22-10-14-7-4-6-13-5-2-3-8-15(13)14/h2-9H,10-11H2,1H3,(H,18,19,20). The maximum absolute atomic E-state index is 11.9. The number of benzene rings is 2. The fourth-order valence-corrected chi connectivity index (χ4v) is 3.11. The van der Waals surface area contributed by atoms with E-state index in [1.165, 1.54) is 16.3 Å². The molecule has 5 heteroatoms. The SMILES string of the molecule is Cc1cc(NC(=O)CSCc2cccc3ccccc23)no1. The van der Waals surface area contributed by atoms with Crippen LogP contribution in [0.25, 0.3) is 10.8 Å². The van der Waals surface area contributed by atoms with Crippen LogP contribution >= 0.6 is 11.8 Å². The van der Waals surface area contributed by atoms with E-state index >= 15 is 0 Å². The monoisotopic (exact) mass is 312 g/mol. The largest absolute Gasteiger partial charge is 0.360 e. The van der Waals surface area contributed by atoms with Crippen molar-refractivity contribution in [3.63, 3.8) is 0 Å². The second kappa shape index (κ2) is 6.66. The minimum atomic E-state index is -0.0708. The van der Waals surface area contributed by atoms with Crippen LogP contribution in [0.3, 0.4) is 0 Å². The van der Waals surface area contributed by atoms with Gasteiger partial charge in [0, 0.05) is 11.8 Å². The van der Waals surface area contributed by atoms with Crippen LogP contribution in [-0.2, 0) is 10.5 Å². The van der Waals surface area contributed by atoms with E-state index in [-0.39, 0.29) is 5.91 Å². The van der Waals surface area contributed by atoms with Crippen LogP contribution in [0.5, 0.6) is 0 Å². The van der Waals surface area contributed by atoms with Crippen molar-refractivity contribution < 1.29 is 9.32 Å². The van der Waals surface area contributed by atoms with Gasteiger partial charge in [-0.2, -0.15) is 0 Å². The first-order valence-corrected chi connectivity index (χ1v) is 8.15. The normalized spacial score (nSPS) is 10.8. The molecule has 2 aromatic carbocycles. The summed E-state index contributed by atoms with van der Waals surface area (Å²) < 4.78 is 4.92. The number of carbonyl (C=O) groups is 1. The van der Waals surface area contributed by atoms with Gasteiger partial charge in [0.25, 0.3) is 0 Å². The van der Waals surface area contributed by atoms with E-state index in [2.05, 4.69) is 40.8 Å². The third-order valence-electron chi connectivity index (χ3n) is 3.27. The molecule has 0 saturated heterocycles. The Hall–Kier alpha value is -2.27. The molecule has 1 heterocycles. The third kappa shape index (κ3) is 3.49. The van der Waals surface area contributed by atoms with Gasteiger partial charge in [0.15, 0.2) is 5.82 Å². The molecular formula is C17H16N2O2S. The molecule has 0 aliphatic carbocycles. The molecule has 112 valence electrons. The Morgan fingerprint density at radius 3 is 2.86 bits per heavy atom. The fraction of sp³-hybridized carbons (Fsp3) is 0.176. The summed E-state index contributed by atoms with van der Waals surface area (Å²) in [6.07, 6.45) is 0. The van der Waals surface area contributed by atoms with Gasteiger partial charge < -0.3 is 9.84 Å². The zero-order valence-electron chi connectivity index (χ0n) is 12.2. The third-order valence-corrected chi connectivity index (χ3v) is 4.25. The van der Waals surface area contributed by atoms with Crippen molar-refractivity contribution in [2.24, 2.45) is 0 Å². The Kier molecular flexibility index (Phi) is 4.44. The number of thioether (sulfide) groups is 1. The summed E-state index contributed by atoms with van der Waals surface area (Å²) in [6.45, 7) is 1.79.